The van der Waals surface area contributed by atoms with Crippen molar-refractivity contribution in [1.29, 1.82) is 0 Å². The van der Waals surface area contributed by atoms with Crippen LogP contribution in [0.25, 0.3) is 0 Å². The van der Waals surface area contributed by atoms with Gasteiger partial charge in [-0.15, -0.1) is 0 Å². The van der Waals surface area contributed by atoms with Crippen LogP contribution in [0.2, 0.25) is 0 Å². The van der Waals surface area contributed by atoms with Gasteiger partial charge in [0.25, 0.3) is 0 Å². The summed E-state index contributed by atoms with van der Waals surface area (Å²) in [5, 5.41) is 0. The molecule has 0 spiro atoms. The number of rotatable bonds is 7. The number of phosphoric acid groups is 1. The number of carbonyl (C=O) groups is 1. The number of esters is 1. The van der Waals surface area contributed by atoms with Gasteiger partial charge in [-0.2, -0.15) is 0 Å². The molecular weight excluding hydrogens is 307 g/mol. The van der Waals surface area contributed by atoms with Gasteiger partial charge in [0.2, 0.25) is 0 Å². The second-order valence-electron chi connectivity index (χ2n) is 6.08. The zero-order valence-corrected chi connectivity index (χ0v) is 14.9. The van der Waals surface area contributed by atoms with Gasteiger partial charge in [-0.1, -0.05) is 6.08 Å². The fourth-order valence-electron chi connectivity index (χ4n) is 1.85. The highest BCUT2D eigenvalue weighted by molar-refractivity contribution is 7.48. The smallest absolute Gasteiger partial charge is 0.458 e. The van der Waals surface area contributed by atoms with Crippen LogP contribution >= 0.6 is 7.82 Å². The van der Waals surface area contributed by atoms with Crippen molar-refractivity contribution in [1.82, 2.24) is 0 Å². The Bertz CT molecular complexity index is 430. The molecule has 0 aromatic heterocycles. The van der Waals surface area contributed by atoms with E-state index in [-0.39, 0.29) is 31.4 Å². The van der Waals surface area contributed by atoms with Crippen molar-refractivity contribution >= 4 is 13.8 Å². The van der Waals surface area contributed by atoms with Gasteiger partial charge in [0.05, 0.1) is 24.7 Å². The fourth-order valence-corrected chi connectivity index (χ4v) is 3.19. The molecule has 22 heavy (non-hydrogen) atoms. The molecule has 0 aromatic carbocycles. The predicted octanol–water partition coefficient (Wildman–Crippen LogP) is 3.86. The summed E-state index contributed by atoms with van der Waals surface area (Å²) in [6.45, 7) is 9.40. The Kier molecular flexibility index (Phi) is 7.26. The zero-order chi connectivity index (χ0) is 16.8. The molecule has 0 bridgehead atoms. The van der Waals surface area contributed by atoms with Crippen LogP contribution in [0, 0.1) is 5.41 Å². The maximum atomic E-state index is 12.3. The van der Waals surface area contributed by atoms with Crippen molar-refractivity contribution in [2.75, 3.05) is 13.2 Å². The third-order valence-corrected chi connectivity index (χ3v) is 4.66. The lowest BCUT2D eigenvalue weighted by molar-refractivity contribution is -0.157. The third kappa shape index (κ3) is 6.21. The van der Waals surface area contributed by atoms with Crippen LogP contribution in [-0.4, -0.2) is 31.4 Å². The van der Waals surface area contributed by atoms with Crippen LogP contribution in [0.5, 0.6) is 0 Å². The summed E-state index contributed by atoms with van der Waals surface area (Å²) in [5.74, 6) is -0.240. The lowest BCUT2D eigenvalue weighted by Gasteiger charge is -2.27. The van der Waals surface area contributed by atoms with Crippen molar-refractivity contribution < 1.29 is 27.7 Å². The van der Waals surface area contributed by atoms with E-state index in [1.807, 2.05) is 20.8 Å². The van der Waals surface area contributed by atoms with E-state index in [4.69, 9.17) is 18.3 Å². The first-order valence-electron chi connectivity index (χ1n) is 7.67. The minimum absolute atomic E-state index is 0.240. The average molecular weight is 334 g/mol. The highest BCUT2D eigenvalue weighted by Crippen LogP contribution is 2.51. The first-order chi connectivity index (χ1) is 10.2. The van der Waals surface area contributed by atoms with Gasteiger partial charge in [0.1, 0.15) is 6.10 Å². The summed E-state index contributed by atoms with van der Waals surface area (Å²) in [6.07, 6.45) is 4.07. The van der Waals surface area contributed by atoms with Crippen LogP contribution < -0.4 is 0 Å². The molecule has 0 aromatic rings. The van der Waals surface area contributed by atoms with Crippen LogP contribution in [0.1, 0.15) is 47.5 Å². The van der Waals surface area contributed by atoms with Gasteiger partial charge in [0.15, 0.2) is 0 Å². The van der Waals surface area contributed by atoms with E-state index in [2.05, 4.69) is 0 Å². The second kappa shape index (κ2) is 8.25. The maximum Gasteiger partial charge on any atom is 0.475 e. The van der Waals surface area contributed by atoms with Gasteiger partial charge >= 0.3 is 13.8 Å². The van der Waals surface area contributed by atoms with Crippen LogP contribution in [0.3, 0.4) is 0 Å². The molecule has 0 N–H and O–H groups in total. The van der Waals surface area contributed by atoms with E-state index < -0.39 is 13.2 Å². The molecule has 1 aliphatic rings. The molecule has 7 heteroatoms. The van der Waals surface area contributed by atoms with Crippen LogP contribution in [0.15, 0.2) is 12.2 Å². The zero-order valence-electron chi connectivity index (χ0n) is 14.0. The molecule has 1 aliphatic carbocycles. The molecular formula is C15H27O6P. The Morgan fingerprint density at radius 3 is 2.00 bits per heavy atom. The summed E-state index contributed by atoms with van der Waals surface area (Å²) >= 11 is 0. The van der Waals surface area contributed by atoms with Gasteiger partial charge in [-0.05, 0) is 53.5 Å². The summed E-state index contributed by atoms with van der Waals surface area (Å²) in [7, 11) is -3.52. The Morgan fingerprint density at radius 2 is 1.59 bits per heavy atom. The summed E-state index contributed by atoms with van der Waals surface area (Å²) in [5.41, 5.74) is -0.527. The maximum absolute atomic E-state index is 12.3. The van der Waals surface area contributed by atoms with Crippen molar-refractivity contribution in [3.8, 4) is 0 Å². The summed E-state index contributed by atoms with van der Waals surface area (Å²) in [4.78, 5) is 11.8. The van der Waals surface area contributed by atoms with E-state index in [0.717, 1.165) is 0 Å². The van der Waals surface area contributed by atoms with E-state index in [1.54, 1.807) is 26.0 Å². The topological polar surface area (TPSA) is 71.1 Å². The molecule has 2 atom stereocenters. The number of hydrogen-bond donors (Lipinski definition) is 0. The number of phosphoric ester groups is 1. The largest absolute Gasteiger partial charge is 0.475 e. The van der Waals surface area contributed by atoms with Crippen molar-refractivity contribution in [3.63, 3.8) is 0 Å². The molecule has 0 amide bonds. The highest BCUT2D eigenvalue weighted by Gasteiger charge is 2.32. The van der Waals surface area contributed by atoms with Crippen LogP contribution in [0.4, 0.5) is 0 Å². The van der Waals surface area contributed by atoms with Gasteiger partial charge in [-0.25, -0.2) is 4.57 Å². The number of hydrogen-bond acceptors (Lipinski definition) is 6. The minimum Gasteiger partial charge on any atom is -0.458 e. The Hall–Kier alpha value is -0.680. The average Bonchev–Trinajstić information content (AvgIpc) is 2.40. The monoisotopic (exact) mass is 334 g/mol. The first kappa shape index (κ1) is 19.4. The summed E-state index contributed by atoms with van der Waals surface area (Å²) < 4.78 is 33.4. The van der Waals surface area contributed by atoms with Crippen molar-refractivity contribution in [2.24, 2.45) is 5.41 Å². The van der Waals surface area contributed by atoms with Crippen LogP contribution in [-0.2, 0) is 27.7 Å². The predicted molar refractivity (Wildman–Crippen MR) is 83.4 cm³/mol. The minimum atomic E-state index is -3.52. The Morgan fingerprint density at radius 1 is 1.09 bits per heavy atom. The standard InChI is InChI=1S/C15H27O6P/c1-6-18-22(17,19-7-2)21-13-10-8-12(9-11-13)20-14(16)15(3,4)5/h8,10,12-13H,6-7,9,11H2,1-5H3/t12-,13+/m1/s1. The Labute approximate surface area is 132 Å². The number of ether oxygens (including phenoxy) is 1. The van der Waals surface area contributed by atoms with Crippen molar-refractivity contribution in [3.05, 3.63) is 12.2 Å². The van der Waals surface area contributed by atoms with Gasteiger partial charge < -0.3 is 4.74 Å². The van der Waals surface area contributed by atoms with E-state index in [1.165, 1.54) is 0 Å². The first-order valence-corrected chi connectivity index (χ1v) is 9.13. The lowest BCUT2D eigenvalue weighted by Crippen LogP contribution is -2.30. The normalized spacial score (nSPS) is 22.6. The van der Waals surface area contributed by atoms with Gasteiger partial charge in [0, 0.05) is 0 Å². The molecule has 0 radical (unpaired) electrons. The van der Waals surface area contributed by atoms with Crippen molar-refractivity contribution in [2.45, 2.75) is 59.7 Å². The third-order valence-electron chi connectivity index (χ3n) is 2.99. The van der Waals surface area contributed by atoms with E-state index in [9.17, 15) is 9.36 Å². The highest BCUT2D eigenvalue weighted by atomic mass is 31.2. The molecule has 128 valence electrons. The molecule has 0 heterocycles. The molecule has 6 nitrogen and oxygen atoms in total. The SMILES string of the molecule is CCOP(=O)(OCC)O[C@H]1C=C[C@@H](OC(=O)C(C)(C)C)CC1. The lowest BCUT2D eigenvalue weighted by atomic mass is 9.96. The molecule has 0 unspecified atom stereocenters. The molecule has 1 rings (SSSR count). The quantitative estimate of drug-likeness (QED) is 0.400. The summed E-state index contributed by atoms with van der Waals surface area (Å²) in [6, 6.07) is 0. The second-order valence-corrected chi connectivity index (χ2v) is 7.70. The molecule has 0 saturated heterocycles. The van der Waals surface area contributed by atoms with E-state index in [0.29, 0.717) is 12.8 Å². The molecule has 0 aliphatic heterocycles. The molecule has 0 fully saturated rings. The number of carbonyl (C=O) groups excluding carboxylic acids is 1. The molecule has 0 saturated carbocycles. The Balaban J connectivity index is 2.57. The van der Waals surface area contributed by atoms with Gasteiger partial charge in [-0.3, -0.25) is 18.4 Å². The fraction of sp³-hybridized carbons (Fsp3) is 0.800. The van der Waals surface area contributed by atoms with E-state index >= 15 is 0 Å².